The molecule has 2 saturated carbocycles. The molecule has 0 aromatic carbocycles. The van der Waals surface area contributed by atoms with Gasteiger partial charge >= 0.3 is 0 Å². The topological polar surface area (TPSA) is 38.7 Å². The number of hydrogen-bond donors (Lipinski definition) is 1. The Morgan fingerprint density at radius 1 is 1.10 bits per heavy atom. The quantitative estimate of drug-likeness (QED) is 0.841. The summed E-state index contributed by atoms with van der Waals surface area (Å²) < 4.78 is 12.0. The lowest BCUT2D eigenvalue weighted by Crippen LogP contribution is -2.51. The van der Waals surface area contributed by atoms with E-state index in [9.17, 15) is 5.11 Å². The molecule has 3 heteroatoms. The molecule has 1 saturated heterocycles. The van der Waals surface area contributed by atoms with Crippen LogP contribution in [0.5, 0.6) is 0 Å². The van der Waals surface area contributed by atoms with Gasteiger partial charge in [0.05, 0.1) is 17.8 Å². The highest BCUT2D eigenvalue weighted by Crippen LogP contribution is 2.46. The van der Waals surface area contributed by atoms with E-state index in [2.05, 4.69) is 6.92 Å². The van der Waals surface area contributed by atoms with Crippen molar-refractivity contribution in [3.05, 3.63) is 0 Å². The summed E-state index contributed by atoms with van der Waals surface area (Å²) in [4.78, 5) is 0. The van der Waals surface area contributed by atoms with Crippen LogP contribution in [0.25, 0.3) is 0 Å². The van der Waals surface area contributed by atoms with Gasteiger partial charge in [0.1, 0.15) is 0 Å². The predicted octanol–water partition coefficient (Wildman–Crippen LogP) is 3.68. The maximum Gasteiger partial charge on any atom is 0.0864 e. The molecule has 1 aliphatic heterocycles. The van der Waals surface area contributed by atoms with Gasteiger partial charge in [-0.25, -0.2) is 0 Å². The molecule has 3 fully saturated rings. The minimum absolute atomic E-state index is 0.0514. The fourth-order valence-corrected chi connectivity index (χ4v) is 4.71. The van der Waals surface area contributed by atoms with E-state index in [0.29, 0.717) is 18.4 Å². The summed E-state index contributed by atoms with van der Waals surface area (Å²) >= 11 is 0. The van der Waals surface area contributed by atoms with Crippen molar-refractivity contribution in [1.29, 1.82) is 0 Å². The molecule has 3 unspecified atom stereocenters. The first-order valence-corrected chi connectivity index (χ1v) is 9.18. The Hall–Kier alpha value is -0.120. The Bertz CT molecular complexity index is 320. The number of rotatable bonds is 5. The molecule has 3 rings (SSSR count). The summed E-state index contributed by atoms with van der Waals surface area (Å²) in [7, 11) is 0. The molecular weight excluding hydrogens is 264 g/mol. The normalized spacial score (nSPS) is 32.6. The summed E-state index contributed by atoms with van der Waals surface area (Å²) in [5.74, 6) is 0.936. The van der Waals surface area contributed by atoms with E-state index >= 15 is 0 Å². The van der Waals surface area contributed by atoms with Crippen molar-refractivity contribution in [3.63, 3.8) is 0 Å². The van der Waals surface area contributed by atoms with Gasteiger partial charge in [0, 0.05) is 13.2 Å². The monoisotopic (exact) mass is 296 g/mol. The summed E-state index contributed by atoms with van der Waals surface area (Å²) in [6.07, 6.45) is 11.9. The van der Waals surface area contributed by atoms with Crippen molar-refractivity contribution >= 4 is 0 Å². The van der Waals surface area contributed by atoms with Gasteiger partial charge in [-0.05, 0) is 63.7 Å². The summed E-state index contributed by atoms with van der Waals surface area (Å²) in [6, 6.07) is 0. The van der Waals surface area contributed by atoms with Crippen LogP contribution in [0.1, 0.15) is 71.1 Å². The summed E-state index contributed by atoms with van der Waals surface area (Å²) in [5, 5.41) is 11.0. The van der Waals surface area contributed by atoms with Crippen LogP contribution in [0, 0.1) is 11.8 Å². The van der Waals surface area contributed by atoms with Gasteiger partial charge in [-0.3, -0.25) is 0 Å². The molecule has 1 heterocycles. The van der Waals surface area contributed by atoms with Crippen molar-refractivity contribution in [3.8, 4) is 0 Å². The van der Waals surface area contributed by atoms with E-state index in [-0.39, 0.29) is 17.8 Å². The Kier molecular flexibility index (Phi) is 5.23. The standard InChI is InChI=1S/C18H32O3/c1-2-20-17(14-7-4-3-5-8-14)16(19)15-9-12-21-18(13-15)10-6-11-18/h14-17,19H,2-13H2,1H3. The minimum Gasteiger partial charge on any atom is -0.390 e. The average molecular weight is 296 g/mol. The number of ether oxygens (including phenoxy) is 2. The van der Waals surface area contributed by atoms with Crippen LogP contribution < -0.4 is 0 Å². The second-order valence-electron chi connectivity index (χ2n) is 7.45. The fourth-order valence-electron chi connectivity index (χ4n) is 4.71. The van der Waals surface area contributed by atoms with Crippen LogP contribution in [0.2, 0.25) is 0 Å². The SMILES string of the molecule is CCOC(C1CCCCC1)C(O)C1CCOC2(CCC2)C1. The van der Waals surface area contributed by atoms with Crippen LogP contribution in [0.4, 0.5) is 0 Å². The first-order valence-electron chi connectivity index (χ1n) is 9.18. The zero-order valence-electron chi connectivity index (χ0n) is 13.6. The van der Waals surface area contributed by atoms with E-state index in [1.165, 1.54) is 51.4 Å². The molecule has 0 amide bonds. The molecule has 0 aromatic heterocycles. The van der Waals surface area contributed by atoms with Gasteiger partial charge in [-0.15, -0.1) is 0 Å². The van der Waals surface area contributed by atoms with Crippen LogP contribution >= 0.6 is 0 Å². The first kappa shape index (κ1) is 15.8. The van der Waals surface area contributed by atoms with E-state index in [0.717, 1.165) is 19.4 Å². The second-order valence-corrected chi connectivity index (χ2v) is 7.45. The lowest BCUT2D eigenvalue weighted by atomic mass is 9.69. The molecular formula is C18H32O3. The molecule has 3 aliphatic rings. The van der Waals surface area contributed by atoms with Gasteiger partial charge in [-0.2, -0.15) is 0 Å². The van der Waals surface area contributed by atoms with E-state index in [1.807, 2.05) is 0 Å². The molecule has 2 aliphatic carbocycles. The van der Waals surface area contributed by atoms with Crippen molar-refractivity contribution in [2.75, 3.05) is 13.2 Å². The van der Waals surface area contributed by atoms with E-state index < -0.39 is 0 Å². The maximum absolute atomic E-state index is 11.0. The van der Waals surface area contributed by atoms with Gasteiger partial charge in [-0.1, -0.05) is 19.3 Å². The highest BCUT2D eigenvalue weighted by Gasteiger charge is 2.46. The Balaban J connectivity index is 1.63. The molecule has 0 bridgehead atoms. The van der Waals surface area contributed by atoms with Crippen molar-refractivity contribution < 1.29 is 14.6 Å². The molecule has 21 heavy (non-hydrogen) atoms. The molecule has 3 nitrogen and oxygen atoms in total. The van der Waals surface area contributed by atoms with Crippen molar-refractivity contribution in [2.24, 2.45) is 11.8 Å². The van der Waals surface area contributed by atoms with E-state index in [1.54, 1.807) is 0 Å². The first-order chi connectivity index (χ1) is 10.2. The molecule has 0 aromatic rings. The third-order valence-corrected chi connectivity index (χ3v) is 6.09. The molecule has 3 atom stereocenters. The highest BCUT2D eigenvalue weighted by molar-refractivity contribution is 4.97. The molecule has 1 spiro atoms. The highest BCUT2D eigenvalue weighted by atomic mass is 16.5. The molecule has 1 N–H and O–H groups in total. The van der Waals surface area contributed by atoms with Gasteiger partial charge in [0.25, 0.3) is 0 Å². The van der Waals surface area contributed by atoms with Gasteiger partial charge < -0.3 is 14.6 Å². The Labute approximate surface area is 129 Å². The largest absolute Gasteiger partial charge is 0.390 e. The number of aliphatic hydroxyl groups is 1. The molecule has 122 valence electrons. The van der Waals surface area contributed by atoms with Crippen LogP contribution in [0.3, 0.4) is 0 Å². The average Bonchev–Trinajstić information content (AvgIpc) is 2.51. The summed E-state index contributed by atoms with van der Waals surface area (Å²) in [5.41, 5.74) is 0.118. The fraction of sp³-hybridized carbons (Fsp3) is 1.00. The Morgan fingerprint density at radius 2 is 1.86 bits per heavy atom. The maximum atomic E-state index is 11.0. The van der Waals surface area contributed by atoms with Crippen LogP contribution in [-0.4, -0.2) is 36.1 Å². The minimum atomic E-state index is -0.297. The van der Waals surface area contributed by atoms with Gasteiger partial charge in [0.2, 0.25) is 0 Å². The summed E-state index contributed by atoms with van der Waals surface area (Å²) in [6.45, 7) is 3.60. The zero-order valence-corrected chi connectivity index (χ0v) is 13.6. The predicted molar refractivity (Wildman–Crippen MR) is 83.3 cm³/mol. The lowest BCUT2D eigenvalue weighted by molar-refractivity contribution is -0.175. The van der Waals surface area contributed by atoms with Gasteiger partial charge in [0.15, 0.2) is 0 Å². The molecule has 0 radical (unpaired) electrons. The van der Waals surface area contributed by atoms with Crippen molar-refractivity contribution in [2.45, 2.75) is 88.9 Å². The third kappa shape index (κ3) is 3.46. The van der Waals surface area contributed by atoms with E-state index in [4.69, 9.17) is 9.47 Å². The number of hydrogen-bond acceptors (Lipinski definition) is 3. The third-order valence-electron chi connectivity index (χ3n) is 6.09. The number of aliphatic hydroxyl groups excluding tert-OH is 1. The van der Waals surface area contributed by atoms with Crippen LogP contribution in [-0.2, 0) is 9.47 Å². The smallest absolute Gasteiger partial charge is 0.0864 e. The Morgan fingerprint density at radius 3 is 2.48 bits per heavy atom. The van der Waals surface area contributed by atoms with Crippen LogP contribution in [0.15, 0.2) is 0 Å². The lowest BCUT2D eigenvalue weighted by Gasteiger charge is -2.49. The second kappa shape index (κ2) is 6.97. The van der Waals surface area contributed by atoms with Crippen molar-refractivity contribution in [1.82, 2.24) is 0 Å². The zero-order chi connectivity index (χ0) is 14.7.